The van der Waals surface area contributed by atoms with Crippen molar-refractivity contribution in [1.29, 1.82) is 0 Å². The first kappa shape index (κ1) is 13.0. The summed E-state index contributed by atoms with van der Waals surface area (Å²) in [6, 6.07) is 0. The number of carbonyl (C=O) groups excluding carboxylic acids is 1. The summed E-state index contributed by atoms with van der Waals surface area (Å²) >= 11 is 1.64. The Morgan fingerprint density at radius 1 is 1.32 bits per heavy atom. The van der Waals surface area contributed by atoms with Gasteiger partial charge in [0.25, 0.3) is 5.91 Å². The fourth-order valence-electron chi connectivity index (χ4n) is 3.60. The molecule has 1 aliphatic heterocycles. The van der Waals surface area contributed by atoms with Crippen molar-refractivity contribution >= 4 is 22.2 Å². The van der Waals surface area contributed by atoms with Crippen LogP contribution in [0.1, 0.15) is 59.8 Å². The maximum absolute atomic E-state index is 12.7. The van der Waals surface area contributed by atoms with E-state index in [1.807, 2.05) is 4.90 Å². The number of nitrogen functional groups attached to an aromatic ring is 1. The highest BCUT2D eigenvalue weighted by molar-refractivity contribution is 7.16. The molecule has 2 aliphatic rings. The highest BCUT2D eigenvalue weighted by atomic mass is 32.1. The molecule has 1 fully saturated rings. The van der Waals surface area contributed by atoms with E-state index in [0.29, 0.717) is 11.8 Å². The van der Waals surface area contributed by atoms with Crippen molar-refractivity contribution in [3.63, 3.8) is 0 Å². The number of anilines is 1. The van der Waals surface area contributed by atoms with Crippen LogP contribution in [0, 0.1) is 5.92 Å². The van der Waals surface area contributed by atoms with E-state index in [4.69, 9.17) is 5.73 Å². The highest BCUT2D eigenvalue weighted by Crippen LogP contribution is 2.44. The van der Waals surface area contributed by atoms with Gasteiger partial charge in [0.2, 0.25) is 0 Å². The van der Waals surface area contributed by atoms with Gasteiger partial charge in [0.15, 0.2) is 0 Å². The van der Waals surface area contributed by atoms with Crippen molar-refractivity contribution < 1.29 is 4.79 Å². The van der Waals surface area contributed by atoms with Crippen molar-refractivity contribution in [2.45, 2.75) is 45.4 Å². The molecule has 2 atom stereocenters. The van der Waals surface area contributed by atoms with Crippen molar-refractivity contribution in [1.82, 2.24) is 4.90 Å². The van der Waals surface area contributed by atoms with E-state index < -0.39 is 0 Å². The smallest absolute Gasteiger partial charge is 0.257 e. The summed E-state index contributed by atoms with van der Waals surface area (Å²) in [5.74, 6) is 1.35. The fraction of sp³-hybridized carbons (Fsp3) is 0.667. The third kappa shape index (κ3) is 2.16. The molecule has 104 valence electrons. The average molecular weight is 278 g/mol. The number of amides is 1. The number of rotatable bonds is 1. The lowest BCUT2D eigenvalue weighted by Gasteiger charge is -2.26. The Balaban J connectivity index is 1.99. The number of likely N-dealkylation sites (tertiary alicyclic amines) is 1. The topological polar surface area (TPSA) is 46.3 Å². The monoisotopic (exact) mass is 278 g/mol. The molecule has 1 aliphatic carbocycles. The van der Waals surface area contributed by atoms with Gasteiger partial charge in [-0.1, -0.05) is 13.8 Å². The first-order valence-corrected chi connectivity index (χ1v) is 8.10. The van der Waals surface area contributed by atoms with Crippen LogP contribution in [0.5, 0.6) is 0 Å². The Morgan fingerprint density at radius 3 is 2.68 bits per heavy atom. The predicted octanol–water partition coefficient (Wildman–Crippen LogP) is 3.25. The van der Waals surface area contributed by atoms with Crippen molar-refractivity contribution in [3.05, 3.63) is 16.0 Å². The SMILES string of the molecule is CC1Cc2sc(N)c(C(=O)N3CCCC3)c2C(C)C1. The molecule has 0 spiro atoms. The molecule has 4 heteroatoms. The van der Waals surface area contributed by atoms with Gasteiger partial charge >= 0.3 is 0 Å². The van der Waals surface area contributed by atoms with E-state index in [9.17, 15) is 4.79 Å². The Bertz CT molecular complexity index is 502. The minimum Gasteiger partial charge on any atom is -0.390 e. The molecule has 0 bridgehead atoms. The van der Waals surface area contributed by atoms with Gasteiger partial charge < -0.3 is 10.6 Å². The number of thiophene rings is 1. The van der Waals surface area contributed by atoms with Crippen LogP contribution < -0.4 is 5.73 Å². The number of hydrogen-bond donors (Lipinski definition) is 1. The third-order valence-electron chi connectivity index (χ3n) is 4.44. The molecule has 3 rings (SSSR count). The van der Waals surface area contributed by atoms with E-state index in [2.05, 4.69) is 13.8 Å². The van der Waals surface area contributed by atoms with E-state index in [1.165, 1.54) is 16.9 Å². The lowest BCUT2D eigenvalue weighted by Crippen LogP contribution is -2.29. The number of nitrogens with two attached hydrogens (primary N) is 1. The maximum Gasteiger partial charge on any atom is 0.257 e. The number of hydrogen-bond acceptors (Lipinski definition) is 3. The Labute approximate surface area is 118 Å². The minimum absolute atomic E-state index is 0.175. The van der Waals surface area contributed by atoms with Gasteiger partial charge in [-0.2, -0.15) is 0 Å². The molecule has 19 heavy (non-hydrogen) atoms. The maximum atomic E-state index is 12.7. The average Bonchev–Trinajstić information content (AvgIpc) is 2.94. The Kier molecular flexibility index (Phi) is 3.29. The molecule has 3 nitrogen and oxygen atoms in total. The normalized spacial score (nSPS) is 26.5. The summed E-state index contributed by atoms with van der Waals surface area (Å²) in [5, 5.41) is 0.739. The van der Waals surface area contributed by atoms with Crippen molar-refractivity contribution in [2.24, 2.45) is 5.92 Å². The standard InChI is InChI=1S/C15H22N2OS/c1-9-7-10(2)12-11(8-9)19-14(16)13(12)15(18)17-5-3-4-6-17/h9-10H,3-8,16H2,1-2H3. The van der Waals surface area contributed by atoms with Gasteiger partial charge in [-0.3, -0.25) is 4.79 Å². The molecule has 1 saturated heterocycles. The molecular formula is C15H22N2OS. The van der Waals surface area contributed by atoms with Crippen LogP contribution in [-0.2, 0) is 6.42 Å². The molecule has 1 amide bonds. The van der Waals surface area contributed by atoms with Gasteiger partial charge in [-0.15, -0.1) is 11.3 Å². The second-order valence-corrected chi connectivity index (χ2v) is 7.26. The first-order valence-electron chi connectivity index (χ1n) is 7.28. The molecule has 1 aromatic heterocycles. The molecule has 2 N–H and O–H groups in total. The van der Waals surface area contributed by atoms with E-state index >= 15 is 0 Å². The van der Waals surface area contributed by atoms with Crippen LogP contribution >= 0.6 is 11.3 Å². The second-order valence-electron chi connectivity index (χ2n) is 6.12. The first-order chi connectivity index (χ1) is 9.08. The lowest BCUT2D eigenvalue weighted by molar-refractivity contribution is 0.0792. The minimum atomic E-state index is 0.175. The number of carbonyl (C=O) groups is 1. The zero-order chi connectivity index (χ0) is 13.6. The molecule has 1 aromatic rings. The van der Waals surface area contributed by atoms with Gasteiger partial charge in [-0.05, 0) is 43.1 Å². The number of nitrogens with zero attached hydrogens (tertiary/aromatic N) is 1. The summed E-state index contributed by atoms with van der Waals surface area (Å²) in [4.78, 5) is 16.0. The van der Waals surface area contributed by atoms with Gasteiger partial charge in [0.1, 0.15) is 0 Å². The van der Waals surface area contributed by atoms with Crippen LogP contribution in [0.25, 0.3) is 0 Å². The van der Waals surface area contributed by atoms with E-state index in [1.54, 1.807) is 11.3 Å². The quantitative estimate of drug-likeness (QED) is 0.857. The molecule has 0 aromatic carbocycles. The summed E-state index contributed by atoms with van der Waals surface area (Å²) in [5.41, 5.74) is 8.26. The summed E-state index contributed by atoms with van der Waals surface area (Å²) in [7, 11) is 0. The summed E-state index contributed by atoms with van der Waals surface area (Å²) in [6.45, 7) is 6.32. The molecule has 0 saturated carbocycles. The molecule has 2 unspecified atom stereocenters. The highest BCUT2D eigenvalue weighted by Gasteiger charge is 2.33. The Hall–Kier alpha value is -1.03. The summed E-state index contributed by atoms with van der Waals surface area (Å²) < 4.78 is 0. The van der Waals surface area contributed by atoms with E-state index in [-0.39, 0.29) is 5.91 Å². The van der Waals surface area contributed by atoms with Gasteiger partial charge in [0, 0.05) is 18.0 Å². The number of fused-ring (bicyclic) bond motifs is 1. The van der Waals surface area contributed by atoms with Crippen molar-refractivity contribution in [2.75, 3.05) is 18.8 Å². The molecule has 0 radical (unpaired) electrons. The largest absolute Gasteiger partial charge is 0.390 e. The predicted molar refractivity (Wildman–Crippen MR) is 79.8 cm³/mol. The molecular weight excluding hydrogens is 256 g/mol. The third-order valence-corrected chi connectivity index (χ3v) is 5.50. The molecule has 2 heterocycles. The Morgan fingerprint density at radius 2 is 2.00 bits per heavy atom. The van der Waals surface area contributed by atoms with Crippen LogP contribution in [0.15, 0.2) is 0 Å². The van der Waals surface area contributed by atoms with Gasteiger partial charge in [0.05, 0.1) is 10.6 Å². The van der Waals surface area contributed by atoms with E-state index in [0.717, 1.165) is 42.9 Å². The second kappa shape index (κ2) is 4.82. The zero-order valence-electron chi connectivity index (χ0n) is 11.7. The van der Waals surface area contributed by atoms with Crippen LogP contribution in [0.2, 0.25) is 0 Å². The lowest BCUT2D eigenvalue weighted by atomic mass is 9.81. The van der Waals surface area contributed by atoms with Crippen LogP contribution in [0.3, 0.4) is 0 Å². The summed E-state index contributed by atoms with van der Waals surface area (Å²) in [6.07, 6.45) is 4.51. The van der Waals surface area contributed by atoms with Gasteiger partial charge in [-0.25, -0.2) is 0 Å². The van der Waals surface area contributed by atoms with Crippen LogP contribution in [-0.4, -0.2) is 23.9 Å². The van der Waals surface area contributed by atoms with Crippen LogP contribution in [0.4, 0.5) is 5.00 Å². The fourth-order valence-corrected chi connectivity index (χ4v) is 4.95. The van der Waals surface area contributed by atoms with Crippen molar-refractivity contribution in [3.8, 4) is 0 Å². The zero-order valence-corrected chi connectivity index (χ0v) is 12.6.